The third-order valence-corrected chi connectivity index (χ3v) is 6.62. The number of hydrazine groups is 1. The minimum absolute atomic E-state index is 0.00228. The molecule has 9 nitrogen and oxygen atoms in total. The van der Waals surface area contributed by atoms with Crippen molar-refractivity contribution in [2.24, 2.45) is 0 Å². The van der Waals surface area contributed by atoms with Crippen molar-refractivity contribution in [3.05, 3.63) is 126 Å². The van der Waals surface area contributed by atoms with E-state index in [1.165, 1.54) is 0 Å². The summed E-state index contributed by atoms with van der Waals surface area (Å²) in [5, 5.41) is 15.9. The fourth-order valence-electron chi connectivity index (χ4n) is 4.54. The summed E-state index contributed by atoms with van der Waals surface area (Å²) in [6, 6.07) is 31.8. The lowest BCUT2D eigenvalue weighted by molar-refractivity contribution is 0.0141. The molecule has 2 atom stereocenters. The number of benzene rings is 3. The van der Waals surface area contributed by atoms with E-state index < -0.39 is 29.9 Å². The van der Waals surface area contributed by atoms with Crippen molar-refractivity contribution in [1.82, 2.24) is 20.7 Å². The number of aliphatic hydroxyl groups excluding tert-OH is 1. The monoisotopic (exact) mass is 596 g/mol. The van der Waals surface area contributed by atoms with Gasteiger partial charge in [0.1, 0.15) is 12.2 Å². The highest BCUT2D eigenvalue weighted by Gasteiger charge is 2.27. The van der Waals surface area contributed by atoms with Crippen molar-refractivity contribution in [3.8, 4) is 11.3 Å². The van der Waals surface area contributed by atoms with E-state index in [1.54, 1.807) is 32.0 Å². The normalized spacial score (nSPS) is 12.7. The first-order valence-corrected chi connectivity index (χ1v) is 14.6. The Morgan fingerprint density at radius 3 is 2.07 bits per heavy atom. The lowest BCUT2D eigenvalue weighted by Gasteiger charge is -2.31. The van der Waals surface area contributed by atoms with Crippen LogP contribution in [0.4, 0.5) is 9.59 Å². The minimum atomic E-state index is -1.08. The molecule has 0 fully saturated rings. The van der Waals surface area contributed by atoms with Gasteiger partial charge in [0.2, 0.25) is 0 Å². The van der Waals surface area contributed by atoms with Crippen LogP contribution >= 0.6 is 0 Å². The van der Waals surface area contributed by atoms with Crippen molar-refractivity contribution in [2.75, 3.05) is 6.54 Å². The number of nitrogens with zero attached hydrogens (tertiary/aromatic N) is 2. The molecule has 44 heavy (non-hydrogen) atoms. The second-order valence-electron chi connectivity index (χ2n) is 11.5. The van der Waals surface area contributed by atoms with Gasteiger partial charge in [0.25, 0.3) is 0 Å². The maximum atomic E-state index is 12.8. The van der Waals surface area contributed by atoms with Crippen LogP contribution in [-0.4, -0.2) is 51.6 Å². The smallest absolute Gasteiger partial charge is 0.422 e. The van der Waals surface area contributed by atoms with Gasteiger partial charge >= 0.3 is 12.2 Å². The first-order chi connectivity index (χ1) is 21.1. The summed E-state index contributed by atoms with van der Waals surface area (Å²) >= 11 is 0. The molecule has 0 aliphatic carbocycles. The number of nitrogens with one attached hydrogen (secondary N) is 2. The van der Waals surface area contributed by atoms with E-state index in [0.29, 0.717) is 6.42 Å². The zero-order chi connectivity index (χ0) is 31.4. The van der Waals surface area contributed by atoms with E-state index in [4.69, 9.17) is 9.47 Å². The average Bonchev–Trinajstić information content (AvgIpc) is 3.00. The number of aliphatic hydroxyl groups is 1. The molecule has 0 spiro atoms. The van der Waals surface area contributed by atoms with Crippen LogP contribution in [-0.2, 0) is 29.0 Å². The fraction of sp³-hybridized carbons (Fsp3) is 0.286. The molecule has 9 heteroatoms. The molecule has 4 rings (SSSR count). The summed E-state index contributed by atoms with van der Waals surface area (Å²) in [7, 11) is 0. The molecule has 0 aliphatic heterocycles. The second-order valence-corrected chi connectivity index (χ2v) is 11.5. The van der Waals surface area contributed by atoms with E-state index in [1.807, 2.05) is 103 Å². The molecule has 0 bridgehead atoms. The average molecular weight is 597 g/mol. The highest BCUT2D eigenvalue weighted by molar-refractivity contribution is 5.68. The zero-order valence-electron chi connectivity index (χ0n) is 25.4. The minimum Gasteiger partial charge on any atom is -0.445 e. The number of amides is 2. The SMILES string of the molecule is CC(C)(C)OC(=O)NN(Cc1ccc(-c2ccccn2)cc1)C[C@H](O)[C@H](Cc1ccccc1)NC(=O)OCc1ccccc1. The summed E-state index contributed by atoms with van der Waals surface area (Å²) in [4.78, 5) is 30.0. The lowest BCUT2D eigenvalue weighted by atomic mass is 10.0. The quantitative estimate of drug-likeness (QED) is 0.175. The Hall–Kier alpha value is -4.73. The molecular formula is C35H40N4O5. The van der Waals surface area contributed by atoms with E-state index in [2.05, 4.69) is 15.7 Å². The third kappa shape index (κ3) is 10.8. The summed E-state index contributed by atoms with van der Waals surface area (Å²) < 4.78 is 10.9. The third-order valence-electron chi connectivity index (χ3n) is 6.62. The maximum absolute atomic E-state index is 12.8. The molecule has 2 amide bonds. The van der Waals surface area contributed by atoms with Crippen LogP contribution in [0.1, 0.15) is 37.5 Å². The Balaban J connectivity index is 1.49. The lowest BCUT2D eigenvalue weighted by Crippen LogP contribution is -2.53. The number of carbonyl (C=O) groups excluding carboxylic acids is 2. The topological polar surface area (TPSA) is 113 Å². The predicted octanol–water partition coefficient (Wildman–Crippen LogP) is 5.89. The van der Waals surface area contributed by atoms with Crippen LogP contribution in [0.2, 0.25) is 0 Å². The van der Waals surface area contributed by atoms with E-state index in [-0.39, 0.29) is 19.7 Å². The molecule has 0 saturated heterocycles. The second kappa shape index (κ2) is 15.7. The van der Waals surface area contributed by atoms with Gasteiger partial charge in [0, 0.05) is 24.8 Å². The van der Waals surface area contributed by atoms with Crippen LogP contribution in [0, 0.1) is 0 Å². The molecule has 230 valence electrons. The van der Waals surface area contributed by atoms with E-state index >= 15 is 0 Å². The first-order valence-electron chi connectivity index (χ1n) is 14.6. The summed E-state index contributed by atoms with van der Waals surface area (Å²) in [5.41, 5.74) is 6.55. The van der Waals surface area contributed by atoms with Gasteiger partial charge < -0.3 is 19.9 Å². The number of rotatable bonds is 12. The van der Waals surface area contributed by atoms with Crippen molar-refractivity contribution < 1.29 is 24.2 Å². The van der Waals surface area contributed by atoms with Gasteiger partial charge in [0.05, 0.1) is 17.8 Å². The highest BCUT2D eigenvalue weighted by atomic mass is 16.6. The Bertz CT molecular complexity index is 1450. The van der Waals surface area contributed by atoms with E-state index in [9.17, 15) is 14.7 Å². The number of aromatic nitrogens is 1. The first kappa shape index (κ1) is 32.2. The Labute approximate surface area is 258 Å². The molecule has 3 aromatic carbocycles. The van der Waals surface area contributed by atoms with Crippen LogP contribution in [0.25, 0.3) is 11.3 Å². The summed E-state index contributed by atoms with van der Waals surface area (Å²) in [6.45, 7) is 5.71. The van der Waals surface area contributed by atoms with Crippen molar-refractivity contribution in [2.45, 2.75) is 58.1 Å². The van der Waals surface area contributed by atoms with Crippen LogP contribution < -0.4 is 10.7 Å². The van der Waals surface area contributed by atoms with Crippen LogP contribution in [0.5, 0.6) is 0 Å². The van der Waals surface area contributed by atoms with Gasteiger partial charge in [-0.2, -0.15) is 0 Å². The van der Waals surface area contributed by atoms with Gasteiger partial charge in [0.15, 0.2) is 0 Å². The Morgan fingerprint density at radius 2 is 1.45 bits per heavy atom. The van der Waals surface area contributed by atoms with E-state index in [0.717, 1.165) is 27.9 Å². The molecule has 3 N–H and O–H groups in total. The number of ether oxygens (including phenoxy) is 2. The number of hydrogen-bond acceptors (Lipinski definition) is 7. The molecule has 1 heterocycles. The number of pyridine rings is 1. The maximum Gasteiger partial charge on any atom is 0.422 e. The summed E-state index contributed by atoms with van der Waals surface area (Å²) in [6.07, 6.45) is -0.284. The van der Waals surface area contributed by atoms with Crippen molar-refractivity contribution in [1.29, 1.82) is 0 Å². The molecule has 1 aromatic heterocycles. The number of hydrogen-bond donors (Lipinski definition) is 3. The molecule has 4 aromatic rings. The van der Waals surface area contributed by atoms with Gasteiger partial charge in [-0.05, 0) is 56.0 Å². The van der Waals surface area contributed by atoms with Crippen LogP contribution in [0.3, 0.4) is 0 Å². The largest absolute Gasteiger partial charge is 0.445 e. The summed E-state index contributed by atoms with van der Waals surface area (Å²) in [5.74, 6) is 0. The van der Waals surface area contributed by atoms with Crippen molar-refractivity contribution in [3.63, 3.8) is 0 Å². The molecule has 0 saturated carbocycles. The van der Waals surface area contributed by atoms with Gasteiger partial charge in [-0.25, -0.2) is 14.6 Å². The molecule has 0 radical (unpaired) electrons. The molecule has 0 aliphatic rings. The van der Waals surface area contributed by atoms with Gasteiger partial charge in [-0.1, -0.05) is 91.0 Å². The standard InChI is InChI=1S/C35H40N4O5/c1-35(2,3)44-34(42)38-39(23-27-17-19-29(20-18-27)30-16-10-11-21-36-30)24-32(40)31(22-26-12-6-4-7-13-26)37-33(41)43-25-28-14-8-5-9-15-28/h4-21,31-32,40H,22-25H2,1-3H3,(H,37,41)(H,38,42)/t31-,32-/m0/s1. The Kier molecular flexibility index (Phi) is 11.5. The molecule has 0 unspecified atom stereocenters. The molecular weight excluding hydrogens is 556 g/mol. The number of alkyl carbamates (subject to hydrolysis) is 1. The van der Waals surface area contributed by atoms with Gasteiger partial charge in [-0.3, -0.25) is 10.4 Å². The predicted molar refractivity (Wildman–Crippen MR) is 169 cm³/mol. The van der Waals surface area contributed by atoms with Gasteiger partial charge in [-0.15, -0.1) is 0 Å². The Morgan fingerprint density at radius 1 is 0.818 bits per heavy atom. The fourth-order valence-corrected chi connectivity index (χ4v) is 4.54. The van der Waals surface area contributed by atoms with Crippen LogP contribution in [0.15, 0.2) is 109 Å². The van der Waals surface area contributed by atoms with Crippen molar-refractivity contribution >= 4 is 12.2 Å². The zero-order valence-corrected chi connectivity index (χ0v) is 25.4. The highest BCUT2D eigenvalue weighted by Crippen LogP contribution is 2.18. The number of carbonyl (C=O) groups is 2.